The molecule has 144 valence electrons. The first-order valence-corrected chi connectivity index (χ1v) is 8.74. The third kappa shape index (κ3) is 6.63. The summed E-state index contributed by atoms with van der Waals surface area (Å²) in [6, 6.07) is 7.30. The Balaban J connectivity index is 0.00000338. The molecule has 0 aromatic heterocycles. The first-order valence-electron chi connectivity index (χ1n) is 7.95. The Morgan fingerprint density at radius 1 is 1.38 bits per heavy atom. The number of aliphatic imine (C=N–C) groups is 1. The number of imide groups is 1. The van der Waals surface area contributed by atoms with Gasteiger partial charge < -0.3 is 20.7 Å². The molecule has 26 heavy (non-hydrogen) atoms. The van der Waals surface area contributed by atoms with Gasteiger partial charge in [-0.1, -0.05) is 12.1 Å². The summed E-state index contributed by atoms with van der Waals surface area (Å²) in [4.78, 5) is 28.2. The maximum absolute atomic E-state index is 11.5. The van der Waals surface area contributed by atoms with Gasteiger partial charge in [0.1, 0.15) is 11.9 Å². The fourth-order valence-electron chi connectivity index (χ4n) is 2.23. The maximum atomic E-state index is 11.5. The summed E-state index contributed by atoms with van der Waals surface area (Å²) in [5, 5.41) is 8.70. The Labute approximate surface area is 178 Å². The zero-order valence-electron chi connectivity index (χ0n) is 14.6. The maximum Gasteiger partial charge on any atom is 0.324 e. The number of carbonyl (C=O) groups excluding carboxylic acids is 2. The second-order valence-electron chi connectivity index (χ2n) is 5.44. The van der Waals surface area contributed by atoms with Gasteiger partial charge in [0.15, 0.2) is 5.96 Å². The summed E-state index contributed by atoms with van der Waals surface area (Å²) >= 11 is 3.45. The van der Waals surface area contributed by atoms with Crippen molar-refractivity contribution >= 4 is 57.8 Å². The van der Waals surface area contributed by atoms with Crippen molar-refractivity contribution in [1.82, 2.24) is 20.9 Å². The van der Waals surface area contributed by atoms with Crippen LogP contribution in [0.1, 0.15) is 6.92 Å². The van der Waals surface area contributed by atoms with E-state index in [9.17, 15) is 9.59 Å². The predicted octanol–water partition coefficient (Wildman–Crippen LogP) is 1.55. The molecular formula is C16H23BrIN5O3. The molecule has 1 fully saturated rings. The SMILES string of the molecule is CN=C(NCCN1C(=O)CNC1=O)NCC(C)Oc1ccccc1Br.I. The van der Waals surface area contributed by atoms with Crippen molar-refractivity contribution in [3.05, 3.63) is 28.7 Å². The number of nitrogens with zero attached hydrogens (tertiary/aromatic N) is 2. The molecule has 3 amide bonds. The van der Waals surface area contributed by atoms with E-state index in [1.54, 1.807) is 7.05 Å². The number of carbonyl (C=O) groups is 2. The highest BCUT2D eigenvalue weighted by molar-refractivity contribution is 14.0. The summed E-state index contributed by atoms with van der Waals surface area (Å²) in [6.45, 7) is 3.26. The average molecular weight is 540 g/mol. The van der Waals surface area contributed by atoms with Crippen LogP contribution in [0, 0.1) is 0 Å². The van der Waals surface area contributed by atoms with Gasteiger partial charge in [-0.05, 0) is 35.0 Å². The Hall–Kier alpha value is -1.56. The zero-order valence-corrected chi connectivity index (χ0v) is 18.5. The van der Waals surface area contributed by atoms with Crippen LogP contribution in [0.4, 0.5) is 4.79 Å². The number of hydrogen-bond donors (Lipinski definition) is 3. The fraction of sp³-hybridized carbons (Fsp3) is 0.438. The van der Waals surface area contributed by atoms with E-state index in [1.165, 1.54) is 4.90 Å². The first kappa shape index (κ1) is 22.5. The Morgan fingerprint density at radius 2 is 2.12 bits per heavy atom. The van der Waals surface area contributed by atoms with Gasteiger partial charge in [-0.15, -0.1) is 24.0 Å². The van der Waals surface area contributed by atoms with Crippen molar-refractivity contribution in [1.29, 1.82) is 0 Å². The highest BCUT2D eigenvalue weighted by Gasteiger charge is 2.27. The van der Waals surface area contributed by atoms with Crippen LogP contribution in [0.5, 0.6) is 5.75 Å². The lowest BCUT2D eigenvalue weighted by Gasteiger charge is -2.19. The molecular weight excluding hydrogens is 517 g/mol. The van der Waals surface area contributed by atoms with Crippen molar-refractivity contribution in [3.63, 3.8) is 0 Å². The fourth-order valence-corrected chi connectivity index (χ4v) is 2.61. The molecule has 1 saturated heterocycles. The van der Waals surface area contributed by atoms with Crippen molar-refractivity contribution in [2.75, 3.05) is 33.2 Å². The van der Waals surface area contributed by atoms with Crippen LogP contribution in [-0.4, -0.2) is 62.1 Å². The van der Waals surface area contributed by atoms with Gasteiger partial charge in [0.25, 0.3) is 0 Å². The highest BCUT2D eigenvalue weighted by Crippen LogP contribution is 2.24. The zero-order chi connectivity index (χ0) is 18.2. The van der Waals surface area contributed by atoms with Crippen LogP contribution < -0.4 is 20.7 Å². The molecule has 0 bridgehead atoms. The Morgan fingerprint density at radius 3 is 2.73 bits per heavy atom. The quantitative estimate of drug-likeness (QED) is 0.211. The molecule has 0 radical (unpaired) electrons. The van der Waals surface area contributed by atoms with Crippen molar-refractivity contribution in [3.8, 4) is 5.75 Å². The van der Waals surface area contributed by atoms with E-state index in [0.717, 1.165) is 10.2 Å². The minimum Gasteiger partial charge on any atom is -0.488 e. The summed E-state index contributed by atoms with van der Waals surface area (Å²) < 4.78 is 6.76. The number of hydrogen-bond acceptors (Lipinski definition) is 4. The second kappa shape index (κ2) is 11.2. The van der Waals surface area contributed by atoms with Crippen molar-refractivity contribution in [2.45, 2.75) is 13.0 Å². The number of benzene rings is 1. The lowest BCUT2D eigenvalue weighted by molar-refractivity contribution is -0.124. The topological polar surface area (TPSA) is 95.1 Å². The first-order chi connectivity index (χ1) is 12.0. The standard InChI is InChI=1S/C16H22BrN5O3.HI/c1-11(25-13-6-4-3-5-12(13)17)9-20-15(18-2)19-7-8-22-14(23)10-21-16(22)24;/h3-6,11H,7-10H2,1-2H3,(H,21,24)(H2,18,19,20);1H. The Bertz CT molecular complexity index is 643. The molecule has 1 atom stereocenters. The lowest BCUT2D eigenvalue weighted by atomic mass is 10.3. The lowest BCUT2D eigenvalue weighted by Crippen LogP contribution is -2.45. The van der Waals surface area contributed by atoms with Crippen LogP contribution in [-0.2, 0) is 4.79 Å². The van der Waals surface area contributed by atoms with E-state index in [2.05, 4.69) is 36.9 Å². The molecule has 0 saturated carbocycles. The van der Waals surface area contributed by atoms with Gasteiger partial charge in [-0.3, -0.25) is 14.7 Å². The molecule has 0 aliphatic carbocycles. The molecule has 0 spiro atoms. The van der Waals surface area contributed by atoms with Gasteiger partial charge >= 0.3 is 6.03 Å². The normalized spacial score (nSPS) is 15.2. The van der Waals surface area contributed by atoms with Crippen LogP contribution in [0.25, 0.3) is 0 Å². The van der Waals surface area contributed by atoms with Crippen LogP contribution in [0.3, 0.4) is 0 Å². The van der Waals surface area contributed by atoms with Crippen LogP contribution in [0.15, 0.2) is 33.7 Å². The van der Waals surface area contributed by atoms with Crippen molar-refractivity contribution < 1.29 is 14.3 Å². The van der Waals surface area contributed by atoms with E-state index in [-0.39, 0.29) is 55.1 Å². The molecule has 1 unspecified atom stereocenters. The molecule has 10 heteroatoms. The number of para-hydroxylation sites is 1. The predicted molar refractivity (Wildman–Crippen MR) is 114 cm³/mol. The number of amides is 3. The smallest absolute Gasteiger partial charge is 0.324 e. The van der Waals surface area contributed by atoms with E-state index >= 15 is 0 Å². The van der Waals surface area contributed by atoms with Gasteiger partial charge in [0.2, 0.25) is 5.91 Å². The van der Waals surface area contributed by atoms with Gasteiger partial charge in [0, 0.05) is 20.1 Å². The number of urea groups is 1. The number of nitrogens with one attached hydrogen (secondary N) is 3. The highest BCUT2D eigenvalue weighted by atomic mass is 127. The van der Waals surface area contributed by atoms with E-state index in [1.807, 2.05) is 31.2 Å². The molecule has 1 aliphatic heterocycles. The van der Waals surface area contributed by atoms with Gasteiger partial charge in [-0.25, -0.2) is 4.79 Å². The number of ether oxygens (including phenoxy) is 1. The number of rotatable bonds is 7. The molecule has 1 aromatic carbocycles. The van der Waals surface area contributed by atoms with Gasteiger partial charge in [-0.2, -0.15) is 0 Å². The number of halogens is 2. The molecule has 1 heterocycles. The van der Waals surface area contributed by atoms with E-state index < -0.39 is 0 Å². The largest absolute Gasteiger partial charge is 0.488 e. The summed E-state index contributed by atoms with van der Waals surface area (Å²) in [5.41, 5.74) is 0. The average Bonchev–Trinajstić information content (AvgIpc) is 2.91. The minimum atomic E-state index is -0.356. The second-order valence-corrected chi connectivity index (χ2v) is 6.30. The summed E-state index contributed by atoms with van der Waals surface area (Å²) in [7, 11) is 1.66. The monoisotopic (exact) mass is 539 g/mol. The number of guanidine groups is 1. The third-order valence-electron chi connectivity index (χ3n) is 3.51. The van der Waals surface area contributed by atoms with Crippen LogP contribution in [0.2, 0.25) is 0 Å². The molecule has 1 aromatic rings. The molecule has 1 aliphatic rings. The Kier molecular flexibility index (Phi) is 9.70. The van der Waals surface area contributed by atoms with Crippen LogP contribution >= 0.6 is 39.9 Å². The summed E-state index contributed by atoms with van der Waals surface area (Å²) in [5.74, 6) is 1.14. The van der Waals surface area contributed by atoms with Crippen molar-refractivity contribution in [2.24, 2.45) is 4.99 Å². The van der Waals surface area contributed by atoms with Gasteiger partial charge in [0.05, 0.1) is 17.6 Å². The summed E-state index contributed by atoms with van der Waals surface area (Å²) in [6.07, 6.45) is -0.0804. The van der Waals surface area contributed by atoms with E-state index in [4.69, 9.17) is 4.74 Å². The molecule has 2 rings (SSSR count). The minimum absolute atomic E-state index is 0. The van der Waals surface area contributed by atoms with E-state index in [0.29, 0.717) is 19.0 Å². The molecule has 3 N–H and O–H groups in total. The molecule has 8 nitrogen and oxygen atoms in total. The third-order valence-corrected chi connectivity index (χ3v) is 4.17.